The maximum absolute atomic E-state index is 6.10. The second-order valence-electron chi connectivity index (χ2n) is 7.35. The SMILES string of the molecule is c1nn(CC2CC2)cc1OC[C@]12C[C@H]1COC21CCC1. The van der Waals surface area contributed by atoms with Crippen molar-refractivity contribution >= 4 is 0 Å². The summed E-state index contributed by atoms with van der Waals surface area (Å²) in [5.41, 5.74) is 0.519. The summed E-state index contributed by atoms with van der Waals surface area (Å²) >= 11 is 0. The van der Waals surface area contributed by atoms with E-state index in [0.29, 0.717) is 5.41 Å². The van der Waals surface area contributed by atoms with Crippen LogP contribution in [0.1, 0.15) is 38.5 Å². The lowest BCUT2D eigenvalue weighted by atomic mass is 9.69. The summed E-state index contributed by atoms with van der Waals surface area (Å²) in [6, 6.07) is 0. The Labute approximate surface area is 119 Å². The molecule has 4 fully saturated rings. The third-order valence-electron chi connectivity index (χ3n) is 6.11. The Morgan fingerprint density at radius 2 is 2.30 bits per heavy atom. The van der Waals surface area contributed by atoms with Gasteiger partial charge in [-0.25, -0.2) is 0 Å². The zero-order chi connectivity index (χ0) is 13.2. The van der Waals surface area contributed by atoms with Crippen LogP contribution in [-0.4, -0.2) is 28.6 Å². The first-order valence-electron chi connectivity index (χ1n) is 8.09. The highest BCUT2D eigenvalue weighted by molar-refractivity contribution is 5.23. The molecule has 3 aliphatic carbocycles. The standard InChI is InChI=1S/C16H22N2O2/c1-4-16(5-1)15(6-13(15)10-20-16)11-19-14-7-17-18(9-14)8-12-2-3-12/h7,9,12-13H,1-6,8,10-11H2/t13-,15+/m0/s1. The molecule has 2 heterocycles. The monoisotopic (exact) mass is 274 g/mol. The van der Waals surface area contributed by atoms with E-state index in [4.69, 9.17) is 9.47 Å². The van der Waals surface area contributed by atoms with E-state index in [9.17, 15) is 0 Å². The summed E-state index contributed by atoms with van der Waals surface area (Å²) in [4.78, 5) is 0. The van der Waals surface area contributed by atoms with Crippen LogP contribution in [0, 0.1) is 17.3 Å². The molecule has 4 aliphatic rings. The first-order valence-corrected chi connectivity index (χ1v) is 8.09. The Balaban J connectivity index is 1.25. The smallest absolute Gasteiger partial charge is 0.157 e. The minimum atomic E-state index is 0.182. The molecule has 1 aromatic heterocycles. The highest BCUT2D eigenvalue weighted by atomic mass is 16.5. The molecule has 20 heavy (non-hydrogen) atoms. The van der Waals surface area contributed by atoms with E-state index < -0.39 is 0 Å². The molecular weight excluding hydrogens is 252 g/mol. The molecule has 2 atom stereocenters. The van der Waals surface area contributed by atoms with Crippen molar-refractivity contribution in [1.29, 1.82) is 0 Å². The first kappa shape index (κ1) is 11.6. The van der Waals surface area contributed by atoms with Gasteiger partial charge in [0.1, 0.15) is 0 Å². The molecule has 0 amide bonds. The van der Waals surface area contributed by atoms with Crippen molar-refractivity contribution in [2.45, 2.75) is 50.7 Å². The highest BCUT2D eigenvalue weighted by Crippen LogP contribution is 2.71. The molecule has 0 N–H and O–H groups in total. The minimum Gasteiger partial charge on any atom is -0.490 e. The van der Waals surface area contributed by atoms with Crippen LogP contribution < -0.4 is 4.74 Å². The molecular formula is C16H22N2O2. The van der Waals surface area contributed by atoms with Gasteiger partial charge in [-0.2, -0.15) is 5.10 Å². The van der Waals surface area contributed by atoms with E-state index in [1.165, 1.54) is 38.5 Å². The maximum atomic E-state index is 6.10. The van der Waals surface area contributed by atoms with Gasteiger partial charge in [0.05, 0.1) is 31.2 Å². The van der Waals surface area contributed by atoms with Crippen LogP contribution in [0.25, 0.3) is 0 Å². The Hall–Kier alpha value is -1.03. The Bertz CT molecular complexity index is 532. The number of ether oxygens (including phenoxy) is 2. The molecule has 0 bridgehead atoms. The first-order chi connectivity index (χ1) is 9.80. The average Bonchev–Trinajstić information content (AvgIpc) is 3.27. The fourth-order valence-corrected chi connectivity index (χ4v) is 4.31. The van der Waals surface area contributed by atoms with E-state index in [1.807, 2.05) is 10.9 Å². The van der Waals surface area contributed by atoms with Gasteiger partial charge in [0.2, 0.25) is 0 Å². The molecule has 0 aromatic carbocycles. The lowest BCUT2D eigenvalue weighted by Gasteiger charge is -2.45. The van der Waals surface area contributed by atoms with Gasteiger partial charge < -0.3 is 9.47 Å². The van der Waals surface area contributed by atoms with E-state index in [1.54, 1.807) is 0 Å². The van der Waals surface area contributed by atoms with Gasteiger partial charge in [-0.05, 0) is 50.4 Å². The van der Waals surface area contributed by atoms with Gasteiger partial charge in [0, 0.05) is 12.0 Å². The third-order valence-corrected chi connectivity index (χ3v) is 6.11. The van der Waals surface area contributed by atoms with Gasteiger partial charge in [0.15, 0.2) is 5.75 Å². The molecule has 4 nitrogen and oxygen atoms in total. The van der Waals surface area contributed by atoms with Crippen molar-refractivity contribution < 1.29 is 9.47 Å². The molecule has 1 aliphatic heterocycles. The summed E-state index contributed by atoms with van der Waals surface area (Å²) in [6.45, 7) is 2.85. The van der Waals surface area contributed by atoms with Crippen LogP contribution in [0.3, 0.4) is 0 Å². The van der Waals surface area contributed by atoms with E-state index in [2.05, 4.69) is 11.3 Å². The van der Waals surface area contributed by atoms with Crippen LogP contribution in [0.15, 0.2) is 12.4 Å². The quantitative estimate of drug-likeness (QED) is 0.828. The van der Waals surface area contributed by atoms with Crippen molar-refractivity contribution in [3.05, 3.63) is 12.4 Å². The van der Waals surface area contributed by atoms with Crippen molar-refractivity contribution in [2.75, 3.05) is 13.2 Å². The second-order valence-corrected chi connectivity index (χ2v) is 7.35. The lowest BCUT2D eigenvalue weighted by molar-refractivity contribution is -0.119. The van der Waals surface area contributed by atoms with Gasteiger partial charge in [-0.3, -0.25) is 4.68 Å². The van der Waals surface area contributed by atoms with Crippen LogP contribution >= 0.6 is 0 Å². The van der Waals surface area contributed by atoms with Gasteiger partial charge in [0.25, 0.3) is 0 Å². The lowest BCUT2D eigenvalue weighted by Crippen LogP contribution is -2.48. The zero-order valence-electron chi connectivity index (χ0n) is 11.9. The maximum Gasteiger partial charge on any atom is 0.157 e. The van der Waals surface area contributed by atoms with Gasteiger partial charge in [-0.1, -0.05) is 0 Å². The van der Waals surface area contributed by atoms with Crippen molar-refractivity contribution in [3.63, 3.8) is 0 Å². The zero-order valence-corrected chi connectivity index (χ0v) is 11.9. The van der Waals surface area contributed by atoms with Crippen LogP contribution in [0.5, 0.6) is 5.75 Å². The summed E-state index contributed by atoms with van der Waals surface area (Å²) in [6.07, 6.45) is 11.8. The molecule has 4 heteroatoms. The Morgan fingerprint density at radius 1 is 1.40 bits per heavy atom. The Kier molecular flexibility index (Phi) is 2.20. The number of hydrogen-bond donors (Lipinski definition) is 0. The number of fused-ring (bicyclic) bond motifs is 2. The van der Waals surface area contributed by atoms with Crippen molar-refractivity contribution in [2.24, 2.45) is 17.3 Å². The summed E-state index contributed by atoms with van der Waals surface area (Å²) in [5, 5.41) is 4.41. The predicted octanol–water partition coefficient (Wildman–Crippen LogP) is 2.63. The Morgan fingerprint density at radius 3 is 3.00 bits per heavy atom. The number of nitrogens with zero attached hydrogens (tertiary/aromatic N) is 2. The molecule has 1 aromatic rings. The van der Waals surface area contributed by atoms with E-state index in [0.717, 1.165) is 37.3 Å². The van der Waals surface area contributed by atoms with E-state index >= 15 is 0 Å². The molecule has 0 radical (unpaired) electrons. The van der Waals surface area contributed by atoms with Crippen LogP contribution in [-0.2, 0) is 11.3 Å². The third kappa shape index (κ3) is 1.54. The molecule has 5 rings (SSSR count). The van der Waals surface area contributed by atoms with Gasteiger partial charge in [-0.15, -0.1) is 0 Å². The molecule has 0 unspecified atom stereocenters. The number of aromatic nitrogens is 2. The van der Waals surface area contributed by atoms with Crippen LogP contribution in [0.4, 0.5) is 0 Å². The minimum absolute atomic E-state index is 0.182. The predicted molar refractivity (Wildman–Crippen MR) is 73.5 cm³/mol. The van der Waals surface area contributed by atoms with Crippen molar-refractivity contribution in [1.82, 2.24) is 9.78 Å². The second kappa shape index (κ2) is 3.79. The summed E-state index contributed by atoms with van der Waals surface area (Å²) in [7, 11) is 0. The largest absolute Gasteiger partial charge is 0.490 e. The van der Waals surface area contributed by atoms with Gasteiger partial charge >= 0.3 is 0 Å². The topological polar surface area (TPSA) is 36.3 Å². The average molecular weight is 274 g/mol. The van der Waals surface area contributed by atoms with E-state index in [-0.39, 0.29) is 5.60 Å². The normalized spacial score (nSPS) is 36.7. The molecule has 1 spiro atoms. The number of hydrogen-bond acceptors (Lipinski definition) is 3. The molecule has 1 saturated heterocycles. The molecule has 3 saturated carbocycles. The number of rotatable bonds is 5. The highest BCUT2D eigenvalue weighted by Gasteiger charge is 2.73. The summed E-state index contributed by atoms with van der Waals surface area (Å²) in [5.74, 6) is 2.55. The van der Waals surface area contributed by atoms with Crippen molar-refractivity contribution in [3.8, 4) is 5.75 Å². The fraction of sp³-hybridized carbons (Fsp3) is 0.812. The van der Waals surface area contributed by atoms with Crippen LogP contribution in [0.2, 0.25) is 0 Å². The molecule has 108 valence electrons. The fourth-order valence-electron chi connectivity index (χ4n) is 4.31. The summed E-state index contributed by atoms with van der Waals surface area (Å²) < 4.78 is 14.2.